The zero-order valence-electron chi connectivity index (χ0n) is 10.7. The molecule has 108 valence electrons. The molecule has 0 aromatic heterocycles. The fourth-order valence-corrected chi connectivity index (χ4v) is 2.61. The summed E-state index contributed by atoms with van der Waals surface area (Å²) >= 11 is 5.77. The van der Waals surface area contributed by atoms with Crippen LogP contribution in [0.1, 0.15) is 36.0 Å². The molecule has 2 atom stereocenters. The van der Waals surface area contributed by atoms with E-state index in [1.165, 1.54) is 18.2 Å². The summed E-state index contributed by atoms with van der Waals surface area (Å²) in [6.07, 6.45) is 2.60. The minimum atomic E-state index is -0.596. The number of halogens is 1. The molecule has 2 rings (SSSR count). The van der Waals surface area contributed by atoms with Gasteiger partial charge in [0.2, 0.25) is 0 Å². The predicted molar refractivity (Wildman–Crippen MR) is 73.8 cm³/mol. The first-order valence-corrected chi connectivity index (χ1v) is 6.78. The monoisotopic (exact) mass is 298 g/mol. The van der Waals surface area contributed by atoms with Crippen LogP contribution in [0.3, 0.4) is 0 Å². The number of amides is 1. The molecule has 1 aliphatic rings. The van der Waals surface area contributed by atoms with Gasteiger partial charge >= 0.3 is 0 Å². The number of nitro benzene ring substituents is 1. The normalized spacial score (nSPS) is 22.3. The van der Waals surface area contributed by atoms with Crippen molar-refractivity contribution in [2.75, 3.05) is 0 Å². The van der Waals surface area contributed by atoms with Crippen LogP contribution < -0.4 is 5.32 Å². The van der Waals surface area contributed by atoms with E-state index in [4.69, 9.17) is 11.6 Å². The number of carbonyl (C=O) groups is 1. The van der Waals surface area contributed by atoms with E-state index in [0.717, 1.165) is 19.3 Å². The first kappa shape index (κ1) is 14.7. The van der Waals surface area contributed by atoms with Crippen molar-refractivity contribution in [3.63, 3.8) is 0 Å². The van der Waals surface area contributed by atoms with Gasteiger partial charge in [-0.3, -0.25) is 14.9 Å². The largest absolute Gasteiger partial charge is 0.393 e. The van der Waals surface area contributed by atoms with Gasteiger partial charge in [-0.1, -0.05) is 11.6 Å². The lowest BCUT2D eigenvalue weighted by Crippen LogP contribution is -2.39. The van der Waals surface area contributed by atoms with Gasteiger partial charge in [0.15, 0.2) is 0 Å². The number of nitrogens with one attached hydrogen (secondary N) is 1. The maximum atomic E-state index is 12.0. The zero-order valence-corrected chi connectivity index (χ0v) is 11.5. The van der Waals surface area contributed by atoms with Crippen LogP contribution in [-0.4, -0.2) is 28.1 Å². The SMILES string of the molecule is O=C(NC1CCCC(O)C1)c1ccc([N+](=O)[O-])c(Cl)c1. The van der Waals surface area contributed by atoms with Crippen molar-refractivity contribution in [2.45, 2.75) is 37.8 Å². The topological polar surface area (TPSA) is 92.5 Å². The van der Waals surface area contributed by atoms with Crippen LogP contribution in [0, 0.1) is 10.1 Å². The fourth-order valence-electron chi connectivity index (χ4n) is 2.36. The number of rotatable bonds is 3. The molecule has 2 unspecified atom stereocenters. The Morgan fingerprint density at radius 3 is 2.80 bits per heavy atom. The molecule has 0 bridgehead atoms. The summed E-state index contributed by atoms with van der Waals surface area (Å²) in [6.45, 7) is 0. The predicted octanol–water partition coefficient (Wildman–Crippen LogP) is 2.28. The van der Waals surface area contributed by atoms with Crippen molar-refractivity contribution in [1.29, 1.82) is 0 Å². The van der Waals surface area contributed by atoms with Gasteiger partial charge in [-0.05, 0) is 37.8 Å². The molecule has 0 spiro atoms. The Kier molecular flexibility index (Phi) is 4.57. The van der Waals surface area contributed by atoms with E-state index in [0.29, 0.717) is 6.42 Å². The standard InChI is InChI=1S/C13H15ClN2O4/c14-11-6-8(4-5-12(11)16(19)20)13(18)15-9-2-1-3-10(17)7-9/h4-6,9-10,17H,1-3,7H2,(H,15,18). The lowest BCUT2D eigenvalue weighted by Gasteiger charge is -2.26. The Hall–Kier alpha value is -1.66. The van der Waals surface area contributed by atoms with E-state index in [-0.39, 0.29) is 34.3 Å². The van der Waals surface area contributed by atoms with E-state index in [9.17, 15) is 20.0 Å². The number of aliphatic hydroxyl groups excluding tert-OH is 1. The molecule has 1 amide bonds. The lowest BCUT2D eigenvalue weighted by atomic mass is 9.93. The molecule has 0 saturated heterocycles. The zero-order chi connectivity index (χ0) is 14.7. The number of carbonyl (C=O) groups excluding carboxylic acids is 1. The number of aliphatic hydroxyl groups is 1. The van der Waals surface area contributed by atoms with E-state index >= 15 is 0 Å². The highest BCUT2D eigenvalue weighted by Gasteiger charge is 2.23. The van der Waals surface area contributed by atoms with Gasteiger partial charge in [0, 0.05) is 17.7 Å². The van der Waals surface area contributed by atoms with E-state index in [1.807, 2.05) is 0 Å². The third kappa shape index (κ3) is 3.46. The molecule has 1 fully saturated rings. The molecule has 20 heavy (non-hydrogen) atoms. The molecule has 0 radical (unpaired) electrons. The lowest BCUT2D eigenvalue weighted by molar-refractivity contribution is -0.384. The molecule has 0 heterocycles. The smallest absolute Gasteiger partial charge is 0.287 e. The van der Waals surface area contributed by atoms with Crippen LogP contribution in [-0.2, 0) is 0 Å². The van der Waals surface area contributed by atoms with E-state index in [1.54, 1.807) is 0 Å². The van der Waals surface area contributed by atoms with Crippen molar-refractivity contribution in [3.8, 4) is 0 Å². The highest BCUT2D eigenvalue weighted by Crippen LogP contribution is 2.25. The number of nitro groups is 1. The van der Waals surface area contributed by atoms with Crippen LogP contribution >= 0.6 is 11.6 Å². The molecule has 1 aromatic carbocycles. The molecule has 0 aliphatic heterocycles. The minimum absolute atomic E-state index is 0.0636. The summed E-state index contributed by atoms with van der Waals surface area (Å²) in [6, 6.07) is 3.81. The third-order valence-electron chi connectivity index (χ3n) is 3.39. The Labute approximate surface area is 120 Å². The molecule has 6 nitrogen and oxygen atoms in total. The van der Waals surface area contributed by atoms with Gasteiger partial charge in [0.25, 0.3) is 11.6 Å². The highest BCUT2D eigenvalue weighted by atomic mass is 35.5. The molecule has 1 aromatic rings. The van der Waals surface area contributed by atoms with E-state index < -0.39 is 4.92 Å². The average molecular weight is 299 g/mol. The second kappa shape index (κ2) is 6.19. The number of benzene rings is 1. The van der Waals surface area contributed by atoms with Crippen LogP contribution in [0.5, 0.6) is 0 Å². The summed E-state index contributed by atoms with van der Waals surface area (Å²) in [4.78, 5) is 22.1. The summed E-state index contributed by atoms with van der Waals surface area (Å²) in [5.41, 5.74) is 0.0527. The Balaban J connectivity index is 2.05. The molecule has 7 heteroatoms. The van der Waals surface area contributed by atoms with Crippen molar-refractivity contribution < 1.29 is 14.8 Å². The first-order chi connectivity index (χ1) is 9.47. The van der Waals surface area contributed by atoms with Crippen LogP contribution in [0.25, 0.3) is 0 Å². The molecule has 2 N–H and O–H groups in total. The van der Waals surface area contributed by atoms with Gasteiger partial charge in [-0.15, -0.1) is 0 Å². The van der Waals surface area contributed by atoms with Crippen molar-refractivity contribution in [2.24, 2.45) is 0 Å². The maximum absolute atomic E-state index is 12.0. The Morgan fingerprint density at radius 1 is 1.45 bits per heavy atom. The number of hydrogen-bond donors (Lipinski definition) is 2. The summed E-state index contributed by atoms with van der Waals surface area (Å²) < 4.78 is 0. The van der Waals surface area contributed by atoms with Crippen LogP contribution in [0.4, 0.5) is 5.69 Å². The van der Waals surface area contributed by atoms with Crippen molar-refractivity contribution in [3.05, 3.63) is 38.9 Å². The molecular weight excluding hydrogens is 284 g/mol. The third-order valence-corrected chi connectivity index (χ3v) is 3.69. The van der Waals surface area contributed by atoms with E-state index in [2.05, 4.69) is 5.32 Å². The number of hydrogen-bond acceptors (Lipinski definition) is 4. The second-order valence-corrected chi connectivity index (χ2v) is 5.32. The van der Waals surface area contributed by atoms with Gasteiger partial charge in [-0.25, -0.2) is 0 Å². The van der Waals surface area contributed by atoms with Gasteiger partial charge in [-0.2, -0.15) is 0 Å². The van der Waals surface area contributed by atoms with Gasteiger partial charge < -0.3 is 10.4 Å². The Morgan fingerprint density at radius 2 is 2.20 bits per heavy atom. The summed E-state index contributed by atoms with van der Waals surface area (Å²) in [5, 5.41) is 23.0. The van der Waals surface area contributed by atoms with Crippen LogP contribution in [0.2, 0.25) is 5.02 Å². The summed E-state index contributed by atoms with van der Waals surface area (Å²) in [5.74, 6) is -0.333. The average Bonchev–Trinajstić information content (AvgIpc) is 2.38. The van der Waals surface area contributed by atoms with Crippen molar-refractivity contribution >= 4 is 23.2 Å². The Bertz CT molecular complexity index is 535. The van der Waals surface area contributed by atoms with Gasteiger partial charge in [0.1, 0.15) is 5.02 Å². The summed E-state index contributed by atoms with van der Waals surface area (Å²) in [7, 11) is 0. The molecule has 1 saturated carbocycles. The first-order valence-electron chi connectivity index (χ1n) is 6.40. The molecule has 1 aliphatic carbocycles. The highest BCUT2D eigenvalue weighted by molar-refractivity contribution is 6.33. The number of nitrogens with zero attached hydrogens (tertiary/aromatic N) is 1. The van der Waals surface area contributed by atoms with Gasteiger partial charge in [0.05, 0.1) is 11.0 Å². The fraction of sp³-hybridized carbons (Fsp3) is 0.462. The quantitative estimate of drug-likeness (QED) is 0.661. The van der Waals surface area contributed by atoms with Crippen LogP contribution in [0.15, 0.2) is 18.2 Å². The second-order valence-electron chi connectivity index (χ2n) is 4.91. The maximum Gasteiger partial charge on any atom is 0.287 e. The minimum Gasteiger partial charge on any atom is -0.393 e. The van der Waals surface area contributed by atoms with Crippen molar-refractivity contribution in [1.82, 2.24) is 5.32 Å². The molecular formula is C13H15ClN2O4.